The highest BCUT2D eigenvalue weighted by molar-refractivity contribution is 9.10. The number of amides is 1. The van der Waals surface area contributed by atoms with Crippen LogP contribution in [0.3, 0.4) is 0 Å². The van der Waals surface area contributed by atoms with Crippen LogP contribution >= 0.6 is 15.9 Å². The second kappa shape index (κ2) is 7.50. The number of nitrogens with zero attached hydrogens (tertiary/aromatic N) is 1. The van der Waals surface area contributed by atoms with E-state index in [0.29, 0.717) is 13.1 Å². The first-order valence-corrected chi connectivity index (χ1v) is 7.20. The SMILES string of the molecule is CCN(CC(=O)NC(C)C)c1ccc(Br)cc1CO. The average molecular weight is 329 g/mol. The van der Waals surface area contributed by atoms with Crippen LogP contribution in [0.25, 0.3) is 0 Å². The zero-order chi connectivity index (χ0) is 14.4. The highest BCUT2D eigenvalue weighted by Crippen LogP contribution is 2.24. The van der Waals surface area contributed by atoms with Crippen molar-refractivity contribution in [3.63, 3.8) is 0 Å². The topological polar surface area (TPSA) is 52.6 Å². The van der Waals surface area contributed by atoms with Gasteiger partial charge >= 0.3 is 0 Å². The summed E-state index contributed by atoms with van der Waals surface area (Å²) in [7, 11) is 0. The average Bonchev–Trinajstić information content (AvgIpc) is 2.35. The zero-order valence-electron chi connectivity index (χ0n) is 11.6. The predicted molar refractivity (Wildman–Crippen MR) is 81.2 cm³/mol. The standard InChI is InChI=1S/C14H21BrN2O2/c1-4-17(8-14(19)16-10(2)3)13-6-5-12(15)7-11(13)9-18/h5-7,10,18H,4,8-9H2,1-3H3,(H,16,19). The molecule has 0 aliphatic heterocycles. The molecule has 5 heteroatoms. The predicted octanol–water partition coefficient (Wildman–Crippen LogP) is 2.29. The molecule has 4 nitrogen and oxygen atoms in total. The minimum Gasteiger partial charge on any atom is -0.392 e. The van der Waals surface area contributed by atoms with E-state index in [4.69, 9.17) is 0 Å². The molecule has 1 rings (SSSR count). The number of aliphatic hydroxyl groups is 1. The number of hydrogen-bond donors (Lipinski definition) is 2. The van der Waals surface area contributed by atoms with Crippen LogP contribution in [0.15, 0.2) is 22.7 Å². The van der Waals surface area contributed by atoms with Crippen molar-refractivity contribution in [2.45, 2.75) is 33.4 Å². The first-order chi connectivity index (χ1) is 8.97. The van der Waals surface area contributed by atoms with Crippen molar-refractivity contribution in [3.8, 4) is 0 Å². The van der Waals surface area contributed by atoms with Crippen molar-refractivity contribution in [2.24, 2.45) is 0 Å². The molecule has 1 amide bonds. The number of halogens is 1. The maximum atomic E-state index is 11.8. The van der Waals surface area contributed by atoms with E-state index in [1.807, 2.05) is 43.9 Å². The van der Waals surface area contributed by atoms with Crippen molar-refractivity contribution in [1.29, 1.82) is 0 Å². The lowest BCUT2D eigenvalue weighted by molar-refractivity contribution is -0.120. The summed E-state index contributed by atoms with van der Waals surface area (Å²) in [4.78, 5) is 13.8. The van der Waals surface area contributed by atoms with Crippen molar-refractivity contribution < 1.29 is 9.90 Å². The number of anilines is 1. The fourth-order valence-electron chi connectivity index (χ4n) is 1.90. The van der Waals surface area contributed by atoms with E-state index in [0.717, 1.165) is 15.7 Å². The first kappa shape index (κ1) is 16.0. The highest BCUT2D eigenvalue weighted by Gasteiger charge is 2.14. The van der Waals surface area contributed by atoms with Crippen molar-refractivity contribution in [3.05, 3.63) is 28.2 Å². The van der Waals surface area contributed by atoms with Gasteiger partial charge in [0.1, 0.15) is 0 Å². The van der Waals surface area contributed by atoms with Gasteiger partial charge in [0, 0.05) is 28.3 Å². The quantitative estimate of drug-likeness (QED) is 0.842. The van der Waals surface area contributed by atoms with Gasteiger partial charge < -0.3 is 15.3 Å². The molecule has 106 valence electrons. The van der Waals surface area contributed by atoms with E-state index >= 15 is 0 Å². The fraction of sp³-hybridized carbons (Fsp3) is 0.500. The third-order valence-corrected chi connectivity index (χ3v) is 3.21. The van der Waals surface area contributed by atoms with Gasteiger partial charge in [0.05, 0.1) is 13.2 Å². The lowest BCUT2D eigenvalue weighted by Gasteiger charge is -2.25. The molecule has 0 unspecified atom stereocenters. The number of nitrogens with one attached hydrogen (secondary N) is 1. The van der Waals surface area contributed by atoms with E-state index in [1.165, 1.54) is 0 Å². The van der Waals surface area contributed by atoms with Crippen molar-refractivity contribution in [2.75, 3.05) is 18.0 Å². The highest BCUT2D eigenvalue weighted by atomic mass is 79.9. The van der Waals surface area contributed by atoms with E-state index in [-0.39, 0.29) is 18.6 Å². The Morgan fingerprint density at radius 1 is 1.47 bits per heavy atom. The Labute approximate surface area is 122 Å². The molecule has 0 aromatic heterocycles. The van der Waals surface area contributed by atoms with Gasteiger partial charge in [-0.15, -0.1) is 0 Å². The molecule has 0 atom stereocenters. The Balaban J connectivity index is 2.88. The number of carbonyl (C=O) groups is 1. The number of carbonyl (C=O) groups excluding carboxylic acids is 1. The molecule has 0 radical (unpaired) electrons. The Morgan fingerprint density at radius 3 is 2.68 bits per heavy atom. The number of rotatable bonds is 6. The number of likely N-dealkylation sites (N-methyl/N-ethyl adjacent to an activating group) is 1. The third kappa shape index (κ3) is 4.84. The normalized spacial score (nSPS) is 10.6. The van der Waals surface area contributed by atoms with Crippen molar-refractivity contribution >= 4 is 27.5 Å². The monoisotopic (exact) mass is 328 g/mol. The van der Waals surface area contributed by atoms with E-state index in [9.17, 15) is 9.90 Å². The summed E-state index contributed by atoms with van der Waals surface area (Å²) in [6, 6.07) is 5.84. The van der Waals surface area contributed by atoms with Crippen LogP contribution < -0.4 is 10.2 Å². The van der Waals surface area contributed by atoms with Crippen LogP contribution in [0.2, 0.25) is 0 Å². The molecule has 0 bridgehead atoms. The minimum atomic E-state index is -0.0446. The van der Waals surface area contributed by atoms with Gasteiger partial charge in [-0.1, -0.05) is 15.9 Å². The number of benzene rings is 1. The van der Waals surface area contributed by atoms with E-state index in [1.54, 1.807) is 0 Å². The van der Waals surface area contributed by atoms with Gasteiger partial charge in [-0.3, -0.25) is 4.79 Å². The van der Waals surface area contributed by atoms with E-state index < -0.39 is 0 Å². The molecular weight excluding hydrogens is 308 g/mol. The van der Waals surface area contributed by atoms with Crippen LogP contribution in [0, 0.1) is 0 Å². The molecule has 0 saturated carbocycles. The van der Waals surface area contributed by atoms with Gasteiger partial charge in [-0.05, 0) is 39.0 Å². The molecule has 19 heavy (non-hydrogen) atoms. The molecule has 1 aromatic carbocycles. The molecular formula is C14H21BrN2O2. The summed E-state index contributed by atoms with van der Waals surface area (Å²) < 4.78 is 0.919. The second-order valence-corrected chi connectivity index (χ2v) is 5.58. The van der Waals surface area contributed by atoms with Gasteiger partial charge in [0.2, 0.25) is 5.91 Å². The van der Waals surface area contributed by atoms with Crippen LogP contribution in [0.5, 0.6) is 0 Å². The lowest BCUT2D eigenvalue weighted by atomic mass is 10.1. The molecule has 0 aliphatic carbocycles. The lowest BCUT2D eigenvalue weighted by Crippen LogP contribution is -2.40. The van der Waals surface area contributed by atoms with Gasteiger partial charge in [0.25, 0.3) is 0 Å². The molecule has 1 aromatic rings. The first-order valence-electron chi connectivity index (χ1n) is 6.41. The molecule has 0 aliphatic rings. The third-order valence-electron chi connectivity index (χ3n) is 2.72. The van der Waals surface area contributed by atoms with Gasteiger partial charge in [0.15, 0.2) is 0 Å². The van der Waals surface area contributed by atoms with Crippen LogP contribution in [0.1, 0.15) is 26.3 Å². The smallest absolute Gasteiger partial charge is 0.239 e. The second-order valence-electron chi connectivity index (χ2n) is 4.67. The summed E-state index contributed by atoms with van der Waals surface area (Å²) in [5, 5.41) is 12.3. The number of aliphatic hydroxyl groups excluding tert-OH is 1. The van der Waals surface area contributed by atoms with Gasteiger partial charge in [-0.25, -0.2) is 0 Å². The molecule has 0 saturated heterocycles. The molecule has 2 N–H and O–H groups in total. The molecule has 0 spiro atoms. The van der Waals surface area contributed by atoms with Crippen molar-refractivity contribution in [1.82, 2.24) is 5.32 Å². The minimum absolute atomic E-state index is 0.0105. The Bertz CT molecular complexity index is 435. The maximum Gasteiger partial charge on any atom is 0.239 e. The fourth-order valence-corrected chi connectivity index (χ4v) is 2.31. The summed E-state index contributed by atoms with van der Waals surface area (Å²) >= 11 is 3.38. The molecule has 0 fully saturated rings. The zero-order valence-corrected chi connectivity index (χ0v) is 13.2. The summed E-state index contributed by atoms with van der Waals surface area (Å²) in [5.41, 5.74) is 1.71. The number of hydrogen-bond acceptors (Lipinski definition) is 3. The molecule has 0 heterocycles. The largest absolute Gasteiger partial charge is 0.392 e. The summed E-state index contributed by atoms with van der Waals surface area (Å²) in [6.45, 7) is 6.83. The van der Waals surface area contributed by atoms with E-state index in [2.05, 4.69) is 21.2 Å². The van der Waals surface area contributed by atoms with Crippen LogP contribution in [0.4, 0.5) is 5.69 Å². The Hall–Kier alpha value is -1.07. The maximum absolute atomic E-state index is 11.8. The summed E-state index contributed by atoms with van der Waals surface area (Å²) in [6.07, 6.45) is 0. The summed E-state index contributed by atoms with van der Waals surface area (Å²) in [5.74, 6) is -0.0105. The van der Waals surface area contributed by atoms with Crippen LogP contribution in [-0.2, 0) is 11.4 Å². The van der Waals surface area contributed by atoms with Crippen LogP contribution in [-0.4, -0.2) is 30.1 Å². The Kier molecular flexibility index (Phi) is 6.31. The Morgan fingerprint density at radius 2 is 2.16 bits per heavy atom. The van der Waals surface area contributed by atoms with Gasteiger partial charge in [-0.2, -0.15) is 0 Å².